The average Bonchev–Trinajstić information content (AvgIpc) is 2.49. The molecule has 0 aliphatic carbocycles. The lowest BCUT2D eigenvalue weighted by atomic mass is 9.80. The van der Waals surface area contributed by atoms with Crippen molar-refractivity contribution in [2.45, 2.75) is 53.1 Å². The minimum atomic E-state index is -4.49. The quantitative estimate of drug-likeness (QED) is 0.265. The number of quaternary nitrogens is 1. The lowest BCUT2D eigenvalue weighted by Gasteiger charge is -2.27. The fourth-order valence-corrected chi connectivity index (χ4v) is 3.12. The molecule has 9 heteroatoms. The molecule has 0 radical (unpaired) electrons. The number of aliphatic hydroxyl groups is 1. The highest BCUT2D eigenvalue weighted by molar-refractivity contribution is 7.45. The predicted octanol–water partition coefficient (Wildman–Crippen LogP) is 1.95. The number of nitrogens with zero attached hydrogens (tertiary/aromatic N) is 1. The van der Waals surface area contributed by atoms with Crippen LogP contribution in [0.15, 0.2) is 0 Å². The summed E-state index contributed by atoms with van der Waals surface area (Å²) in [6.45, 7) is 8.05. The van der Waals surface area contributed by atoms with Crippen LogP contribution in [0, 0.1) is 11.3 Å². The number of esters is 1. The molecule has 0 saturated heterocycles. The molecular formula is C18H38NO7P. The van der Waals surface area contributed by atoms with Gasteiger partial charge < -0.3 is 28.3 Å². The molecule has 0 saturated carbocycles. The van der Waals surface area contributed by atoms with Crippen LogP contribution in [0.4, 0.5) is 0 Å². The van der Waals surface area contributed by atoms with Crippen molar-refractivity contribution in [2.75, 3.05) is 47.5 Å². The molecule has 0 fully saturated rings. The number of carbonyl (C=O) groups excluding carboxylic acids is 1. The first kappa shape index (κ1) is 26.5. The van der Waals surface area contributed by atoms with Gasteiger partial charge >= 0.3 is 5.97 Å². The normalized spacial score (nSPS) is 17.2. The molecule has 0 rings (SSSR count). The topological polar surface area (TPSA) is 105 Å². The van der Waals surface area contributed by atoms with Crippen molar-refractivity contribution in [1.29, 1.82) is 0 Å². The Morgan fingerprint density at radius 2 is 1.81 bits per heavy atom. The number of aliphatic hydroxyl groups excluding tert-OH is 1. The molecule has 162 valence electrons. The van der Waals surface area contributed by atoms with Gasteiger partial charge in [0, 0.05) is 6.42 Å². The van der Waals surface area contributed by atoms with Gasteiger partial charge in [0.15, 0.2) is 0 Å². The molecule has 0 amide bonds. The summed E-state index contributed by atoms with van der Waals surface area (Å²) >= 11 is 0. The maximum absolute atomic E-state index is 11.9. The van der Waals surface area contributed by atoms with E-state index in [0.29, 0.717) is 11.0 Å². The molecule has 0 aromatic carbocycles. The third-order valence-electron chi connectivity index (χ3n) is 4.25. The summed E-state index contributed by atoms with van der Waals surface area (Å²) in [7, 11) is 1.22. The molecule has 0 heterocycles. The highest BCUT2D eigenvalue weighted by Crippen LogP contribution is 2.38. The monoisotopic (exact) mass is 411 g/mol. The molecule has 0 aromatic heterocycles. The summed E-state index contributed by atoms with van der Waals surface area (Å²) in [5.74, 6) is -0.254. The minimum absolute atomic E-state index is 0.0125. The van der Waals surface area contributed by atoms with Crippen LogP contribution in [0.5, 0.6) is 0 Å². The largest absolute Gasteiger partial charge is 0.756 e. The van der Waals surface area contributed by atoms with E-state index in [1.54, 1.807) is 0 Å². The molecule has 8 nitrogen and oxygen atoms in total. The van der Waals surface area contributed by atoms with Gasteiger partial charge in [0.1, 0.15) is 25.9 Å². The Balaban J connectivity index is 4.09. The second kappa shape index (κ2) is 11.5. The highest BCUT2D eigenvalue weighted by Gasteiger charge is 2.22. The van der Waals surface area contributed by atoms with Crippen molar-refractivity contribution >= 4 is 13.8 Å². The number of carbonyl (C=O) groups is 1. The van der Waals surface area contributed by atoms with Crippen molar-refractivity contribution in [2.24, 2.45) is 11.3 Å². The number of likely N-dealkylation sites (N-methyl/N-ethyl adjacent to an activating group) is 1. The van der Waals surface area contributed by atoms with Crippen LogP contribution in [-0.2, 0) is 23.1 Å². The number of ether oxygens (including phenoxy) is 1. The van der Waals surface area contributed by atoms with E-state index in [9.17, 15) is 19.4 Å². The van der Waals surface area contributed by atoms with Gasteiger partial charge in [0.05, 0.1) is 27.7 Å². The second-order valence-electron chi connectivity index (χ2n) is 8.96. The van der Waals surface area contributed by atoms with E-state index >= 15 is 0 Å². The van der Waals surface area contributed by atoms with E-state index in [1.807, 2.05) is 28.1 Å². The number of phosphoric ester groups is 1. The van der Waals surface area contributed by atoms with E-state index < -0.39 is 26.5 Å². The lowest BCUT2D eigenvalue weighted by Crippen LogP contribution is -2.37. The van der Waals surface area contributed by atoms with Crippen LogP contribution in [0.2, 0.25) is 0 Å². The molecule has 0 bridgehead atoms. The van der Waals surface area contributed by atoms with Crippen LogP contribution >= 0.6 is 7.82 Å². The SMILES string of the molecule is CCC(C)(C)CC(C)CC(=O)OCC(O)COP(=O)([O-])OCC[N+](C)(C)C. The van der Waals surface area contributed by atoms with Crippen molar-refractivity contribution in [3.05, 3.63) is 0 Å². The molecular weight excluding hydrogens is 373 g/mol. The van der Waals surface area contributed by atoms with Crippen molar-refractivity contribution in [3.63, 3.8) is 0 Å². The third-order valence-corrected chi connectivity index (χ3v) is 5.21. The molecule has 3 atom stereocenters. The first-order valence-corrected chi connectivity index (χ1v) is 10.9. The van der Waals surface area contributed by atoms with Crippen molar-refractivity contribution in [1.82, 2.24) is 0 Å². The molecule has 0 aromatic rings. The molecule has 0 spiro atoms. The summed E-state index contributed by atoms with van der Waals surface area (Å²) in [4.78, 5) is 23.5. The van der Waals surface area contributed by atoms with Gasteiger partial charge in [-0.2, -0.15) is 0 Å². The molecule has 0 aliphatic heterocycles. The van der Waals surface area contributed by atoms with Crippen LogP contribution in [-0.4, -0.2) is 69.2 Å². The van der Waals surface area contributed by atoms with Crippen LogP contribution in [0.3, 0.4) is 0 Å². The minimum Gasteiger partial charge on any atom is -0.756 e. The fourth-order valence-electron chi connectivity index (χ4n) is 2.38. The Morgan fingerprint density at radius 3 is 2.33 bits per heavy atom. The standard InChI is InChI=1S/C18H38NO7P/c1-8-18(3,4)12-15(2)11-17(21)24-13-16(20)14-26-27(22,23)25-10-9-19(5,6)7/h15-16,20H,8-14H2,1-7H3. The second-order valence-corrected chi connectivity index (χ2v) is 10.4. The number of hydrogen-bond donors (Lipinski definition) is 1. The van der Waals surface area contributed by atoms with E-state index in [1.165, 1.54) is 0 Å². The molecule has 1 N–H and O–H groups in total. The average molecular weight is 411 g/mol. The van der Waals surface area contributed by atoms with Crippen LogP contribution in [0.1, 0.15) is 47.0 Å². The van der Waals surface area contributed by atoms with Gasteiger partial charge in [-0.25, -0.2) is 0 Å². The van der Waals surface area contributed by atoms with Gasteiger partial charge in [0.2, 0.25) is 0 Å². The fraction of sp³-hybridized carbons (Fsp3) is 0.944. The molecule has 3 unspecified atom stereocenters. The number of hydrogen-bond acceptors (Lipinski definition) is 7. The summed E-state index contributed by atoms with van der Waals surface area (Å²) in [5.41, 5.74) is 0.161. The van der Waals surface area contributed by atoms with E-state index in [0.717, 1.165) is 12.8 Å². The Hall–Kier alpha value is -0.500. The highest BCUT2D eigenvalue weighted by atomic mass is 31.2. The Morgan fingerprint density at radius 1 is 1.22 bits per heavy atom. The summed E-state index contributed by atoms with van der Waals surface area (Å²) in [6.07, 6.45) is 0.939. The maximum Gasteiger partial charge on any atom is 0.306 e. The van der Waals surface area contributed by atoms with Crippen molar-refractivity contribution < 1.29 is 37.6 Å². The van der Waals surface area contributed by atoms with E-state index in [-0.39, 0.29) is 31.0 Å². The third kappa shape index (κ3) is 15.1. The maximum atomic E-state index is 11.9. The van der Waals surface area contributed by atoms with Gasteiger partial charge in [-0.1, -0.05) is 34.1 Å². The zero-order valence-corrected chi connectivity index (χ0v) is 18.8. The van der Waals surface area contributed by atoms with Gasteiger partial charge in [-0.15, -0.1) is 0 Å². The van der Waals surface area contributed by atoms with Crippen molar-refractivity contribution in [3.8, 4) is 0 Å². The van der Waals surface area contributed by atoms with Crippen LogP contribution in [0.25, 0.3) is 0 Å². The van der Waals surface area contributed by atoms with E-state index in [4.69, 9.17) is 9.26 Å². The zero-order valence-electron chi connectivity index (χ0n) is 17.9. The first-order chi connectivity index (χ1) is 12.2. The Bertz CT molecular complexity index is 491. The summed E-state index contributed by atoms with van der Waals surface area (Å²) in [6, 6.07) is 0. The summed E-state index contributed by atoms with van der Waals surface area (Å²) < 4.78 is 26.5. The molecule has 0 aliphatic rings. The van der Waals surface area contributed by atoms with Gasteiger partial charge in [0.25, 0.3) is 7.82 Å². The first-order valence-electron chi connectivity index (χ1n) is 9.40. The van der Waals surface area contributed by atoms with Gasteiger partial charge in [-0.3, -0.25) is 9.36 Å². The lowest BCUT2D eigenvalue weighted by molar-refractivity contribution is -0.870. The Labute approximate surface area is 164 Å². The van der Waals surface area contributed by atoms with E-state index in [2.05, 4.69) is 25.3 Å². The predicted molar refractivity (Wildman–Crippen MR) is 102 cm³/mol. The Kier molecular flexibility index (Phi) is 11.3. The van der Waals surface area contributed by atoms with Gasteiger partial charge in [-0.05, 0) is 17.8 Å². The zero-order chi connectivity index (χ0) is 21.3. The summed E-state index contributed by atoms with van der Waals surface area (Å²) in [5, 5.41) is 9.75. The van der Waals surface area contributed by atoms with Crippen LogP contribution < -0.4 is 4.89 Å². The molecule has 27 heavy (non-hydrogen) atoms. The smallest absolute Gasteiger partial charge is 0.306 e. The number of rotatable bonds is 14. The number of phosphoric acid groups is 1.